The first-order valence-corrected chi connectivity index (χ1v) is 9.63. The van der Waals surface area contributed by atoms with Crippen molar-refractivity contribution in [3.63, 3.8) is 0 Å². The number of carboxylic acids is 1. The van der Waals surface area contributed by atoms with Gasteiger partial charge in [-0.15, -0.1) is 0 Å². The maximum Gasteiger partial charge on any atom is 0.442 e. The SMILES string of the molecule is NC(Cc1cc(Br)c(OC(c2ccccc2)(C(F)(F)F)C(F)(F)F)c(Br)c1)C(=O)O. The number of carbonyl (C=O) groups is 1. The van der Waals surface area contributed by atoms with Crippen molar-refractivity contribution < 1.29 is 41.0 Å². The number of aliphatic carboxylic acids is 1. The third-order valence-electron chi connectivity index (χ3n) is 4.06. The summed E-state index contributed by atoms with van der Waals surface area (Å²) < 4.78 is 87.5. The molecule has 30 heavy (non-hydrogen) atoms. The Morgan fingerprint density at radius 2 is 1.47 bits per heavy atom. The van der Waals surface area contributed by atoms with Crippen molar-refractivity contribution in [3.8, 4) is 5.75 Å². The van der Waals surface area contributed by atoms with Crippen molar-refractivity contribution in [2.75, 3.05) is 0 Å². The Labute approximate surface area is 183 Å². The number of benzene rings is 2. The van der Waals surface area contributed by atoms with Crippen LogP contribution in [0.5, 0.6) is 5.75 Å². The van der Waals surface area contributed by atoms with Gasteiger partial charge in [-0.2, -0.15) is 26.3 Å². The van der Waals surface area contributed by atoms with E-state index in [4.69, 9.17) is 15.6 Å². The highest BCUT2D eigenvalue weighted by molar-refractivity contribution is 9.11. The summed E-state index contributed by atoms with van der Waals surface area (Å²) in [5.74, 6) is -2.08. The minimum absolute atomic E-state index is 0.213. The molecular formula is C18H13Br2F6NO3. The van der Waals surface area contributed by atoms with Crippen LogP contribution < -0.4 is 10.5 Å². The van der Waals surface area contributed by atoms with Gasteiger partial charge in [0, 0.05) is 5.56 Å². The number of carboxylic acid groups (broad SMARTS) is 1. The largest absolute Gasteiger partial charge is 0.480 e. The van der Waals surface area contributed by atoms with Crippen molar-refractivity contribution in [3.05, 3.63) is 62.5 Å². The molecule has 0 saturated carbocycles. The molecule has 2 aromatic carbocycles. The summed E-state index contributed by atoms with van der Waals surface area (Å²) in [6.45, 7) is 0. The molecule has 0 amide bonds. The van der Waals surface area contributed by atoms with Gasteiger partial charge in [-0.25, -0.2) is 0 Å². The molecule has 1 unspecified atom stereocenters. The number of hydrogen-bond donors (Lipinski definition) is 2. The van der Waals surface area contributed by atoms with Crippen molar-refractivity contribution in [2.45, 2.75) is 30.4 Å². The van der Waals surface area contributed by atoms with Gasteiger partial charge in [0.1, 0.15) is 11.8 Å². The molecular weight excluding hydrogens is 552 g/mol. The second-order valence-electron chi connectivity index (χ2n) is 6.18. The fraction of sp³-hybridized carbons (Fsp3) is 0.278. The van der Waals surface area contributed by atoms with Crippen molar-refractivity contribution in [2.24, 2.45) is 5.73 Å². The normalized spacial score (nSPS) is 13.8. The van der Waals surface area contributed by atoms with E-state index < -0.39 is 41.3 Å². The minimum atomic E-state index is -5.87. The number of rotatable bonds is 6. The predicted octanol–water partition coefficient (Wildman–Crippen LogP) is 5.56. The molecule has 3 N–H and O–H groups in total. The van der Waals surface area contributed by atoms with Crippen LogP contribution in [-0.2, 0) is 16.8 Å². The van der Waals surface area contributed by atoms with Crippen molar-refractivity contribution in [1.29, 1.82) is 0 Å². The van der Waals surface area contributed by atoms with Gasteiger partial charge < -0.3 is 15.6 Å². The van der Waals surface area contributed by atoms with E-state index in [-0.39, 0.29) is 20.9 Å². The lowest BCUT2D eigenvalue weighted by atomic mass is 9.91. The van der Waals surface area contributed by atoms with Crippen LogP contribution in [0.3, 0.4) is 0 Å². The topological polar surface area (TPSA) is 72.5 Å². The third-order valence-corrected chi connectivity index (χ3v) is 5.24. The Balaban J connectivity index is 2.63. The van der Waals surface area contributed by atoms with E-state index in [0.29, 0.717) is 12.1 Å². The highest BCUT2D eigenvalue weighted by Crippen LogP contribution is 2.54. The Morgan fingerprint density at radius 1 is 1.00 bits per heavy atom. The summed E-state index contributed by atoms with van der Waals surface area (Å²) in [6.07, 6.45) is -11.9. The van der Waals surface area contributed by atoms with Crippen LogP contribution in [0.4, 0.5) is 26.3 Å². The molecule has 0 saturated heterocycles. The zero-order chi connectivity index (χ0) is 22.9. The van der Waals surface area contributed by atoms with Crippen LogP contribution in [0.1, 0.15) is 11.1 Å². The minimum Gasteiger partial charge on any atom is -0.480 e. The highest BCUT2D eigenvalue weighted by atomic mass is 79.9. The summed E-state index contributed by atoms with van der Waals surface area (Å²) in [4.78, 5) is 10.9. The molecule has 2 rings (SSSR count). The first-order chi connectivity index (χ1) is 13.7. The zero-order valence-corrected chi connectivity index (χ0v) is 17.9. The zero-order valence-electron chi connectivity index (χ0n) is 14.7. The van der Waals surface area contributed by atoms with Crippen LogP contribution in [0.25, 0.3) is 0 Å². The summed E-state index contributed by atoms with van der Waals surface area (Å²) in [5.41, 5.74) is -0.130. The third kappa shape index (κ3) is 4.75. The van der Waals surface area contributed by atoms with Crippen LogP contribution in [0.15, 0.2) is 51.4 Å². The fourth-order valence-corrected chi connectivity index (χ4v) is 4.10. The molecule has 0 bridgehead atoms. The maximum absolute atomic E-state index is 13.9. The molecule has 1 atom stereocenters. The number of hydrogen-bond acceptors (Lipinski definition) is 3. The van der Waals surface area contributed by atoms with E-state index in [1.165, 1.54) is 6.07 Å². The van der Waals surface area contributed by atoms with Crippen molar-refractivity contribution >= 4 is 37.8 Å². The molecule has 164 valence electrons. The smallest absolute Gasteiger partial charge is 0.442 e. The molecule has 0 aliphatic heterocycles. The first-order valence-electron chi connectivity index (χ1n) is 8.05. The predicted molar refractivity (Wildman–Crippen MR) is 102 cm³/mol. The summed E-state index contributed by atoms with van der Waals surface area (Å²) in [6, 6.07) is 5.65. The summed E-state index contributed by atoms with van der Waals surface area (Å²) >= 11 is 5.81. The molecule has 0 heterocycles. The monoisotopic (exact) mass is 563 g/mol. The van der Waals surface area contributed by atoms with Gasteiger partial charge in [-0.1, -0.05) is 30.3 Å². The van der Waals surface area contributed by atoms with E-state index in [1.807, 2.05) is 0 Å². The Bertz CT molecular complexity index is 881. The number of nitrogens with two attached hydrogens (primary N) is 1. The van der Waals surface area contributed by atoms with E-state index in [2.05, 4.69) is 31.9 Å². The Kier molecular flexibility index (Phi) is 7.14. The average molecular weight is 565 g/mol. The molecule has 0 spiro atoms. The Morgan fingerprint density at radius 3 is 1.87 bits per heavy atom. The quantitative estimate of drug-likeness (QED) is 0.450. The van der Waals surface area contributed by atoms with E-state index >= 15 is 0 Å². The average Bonchev–Trinajstić information content (AvgIpc) is 2.59. The first kappa shape index (κ1) is 24.5. The molecule has 2 aromatic rings. The van der Waals surface area contributed by atoms with Crippen LogP contribution in [0.2, 0.25) is 0 Å². The maximum atomic E-state index is 13.9. The van der Waals surface area contributed by atoms with Gasteiger partial charge in [-0.3, -0.25) is 4.79 Å². The second-order valence-corrected chi connectivity index (χ2v) is 7.89. The summed E-state index contributed by atoms with van der Waals surface area (Å²) in [5, 5.41) is 8.87. The second kappa shape index (κ2) is 8.75. The molecule has 0 radical (unpaired) electrons. The molecule has 0 aliphatic carbocycles. The number of ether oxygens (including phenoxy) is 1. The lowest BCUT2D eigenvalue weighted by Gasteiger charge is -2.38. The van der Waals surface area contributed by atoms with E-state index in [0.717, 1.165) is 24.3 Å². The van der Waals surface area contributed by atoms with Crippen LogP contribution in [-0.4, -0.2) is 29.5 Å². The standard InChI is InChI=1S/C18H13Br2F6NO3/c19-11-6-9(8-13(27)15(28)29)7-12(20)14(11)30-16(17(21,22)23,18(24,25)26)10-4-2-1-3-5-10/h1-7,13H,8,27H2,(H,28,29). The van der Waals surface area contributed by atoms with Gasteiger partial charge in [0.05, 0.1) is 8.95 Å². The highest BCUT2D eigenvalue weighted by Gasteiger charge is 2.75. The van der Waals surface area contributed by atoms with Crippen molar-refractivity contribution in [1.82, 2.24) is 0 Å². The number of alkyl halides is 6. The van der Waals surface area contributed by atoms with Crippen LogP contribution in [0, 0.1) is 0 Å². The van der Waals surface area contributed by atoms with Gasteiger partial charge >= 0.3 is 23.9 Å². The van der Waals surface area contributed by atoms with E-state index in [1.54, 1.807) is 0 Å². The van der Waals surface area contributed by atoms with Crippen LogP contribution >= 0.6 is 31.9 Å². The molecule has 0 aliphatic rings. The lowest BCUT2D eigenvalue weighted by molar-refractivity contribution is -0.365. The van der Waals surface area contributed by atoms with Gasteiger partial charge in [0.15, 0.2) is 0 Å². The number of halogens is 8. The Hall–Kier alpha value is -1.79. The molecule has 12 heteroatoms. The molecule has 0 aromatic heterocycles. The molecule has 4 nitrogen and oxygen atoms in total. The van der Waals surface area contributed by atoms with Gasteiger partial charge in [-0.05, 0) is 56.0 Å². The summed E-state index contributed by atoms with van der Waals surface area (Å²) in [7, 11) is 0. The fourth-order valence-electron chi connectivity index (χ4n) is 2.66. The van der Waals surface area contributed by atoms with Gasteiger partial charge in [0.2, 0.25) is 0 Å². The lowest BCUT2D eigenvalue weighted by Crippen LogP contribution is -2.58. The van der Waals surface area contributed by atoms with Gasteiger partial charge in [0.25, 0.3) is 0 Å². The molecule has 0 fully saturated rings. The van der Waals surface area contributed by atoms with E-state index in [9.17, 15) is 31.1 Å².